The summed E-state index contributed by atoms with van der Waals surface area (Å²) in [4.78, 5) is 0. The van der Waals surface area contributed by atoms with Crippen molar-refractivity contribution >= 4 is 21.6 Å². The zero-order chi connectivity index (χ0) is 14.0. The molecule has 0 atom stereocenters. The number of alkyl halides is 3. The van der Waals surface area contributed by atoms with Gasteiger partial charge in [-0.15, -0.1) is 10.2 Å². The van der Waals surface area contributed by atoms with Gasteiger partial charge in [0.05, 0.1) is 12.1 Å². The molecule has 2 rings (SSSR count). The molecule has 1 aromatic heterocycles. The second-order valence-electron chi connectivity index (χ2n) is 3.90. The lowest BCUT2D eigenvalue weighted by Crippen LogP contribution is -2.09. The molecule has 0 unspecified atom stereocenters. The van der Waals surface area contributed by atoms with Crippen molar-refractivity contribution in [2.75, 3.05) is 5.32 Å². The molecular weight excluding hydrogens is 325 g/mol. The average molecular weight is 335 g/mol. The number of hydrogen-bond acceptors (Lipinski definition) is 3. The van der Waals surface area contributed by atoms with E-state index in [2.05, 4.69) is 31.4 Å². The smallest absolute Gasteiger partial charge is 0.377 e. The molecule has 4 nitrogen and oxygen atoms in total. The van der Waals surface area contributed by atoms with Gasteiger partial charge >= 0.3 is 6.18 Å². The van der Waals surface area contributed by atoms with Crippen molar-refractivity contribution in [3.8, 4) is 0 Å². The lowest BCUT2D eigenvalue weighted by molar-refractivity contribution is -0.137. The van der Waals surface area contributed by atoms with Gasteiger partial charge in [-0.05, 0) is 34.1 Å². The zero-order valence-corrected chi connectivity index (χ0v) is 11.5. The van der Waals surface area contributed by atoms with Crippen LogP contribution in [-0.4, -0.2) is 14.8 Å². The molecule has 0 fully saturated rings. The highest BCUT2D eigenvalue weighted by molar-refractivity contribution is 9.10. The summed E-state index contributed by atoms with van der Waals surface area (Å²) >= 11 is 3.21. The first-order valence-electron chi connectivity index (χ1n) is 5.31. The van der Waals surface area contributed by atoms with Crippen LogP contribution in [-0.2, 0) is 19.8 Å². The first kappa shape index (κ1) is 13.9. The van der Waals surface area contributed by atoms with Gasteiger partial charge in [0.2, 0.25) is 0 Å². The summed E-state index contributed by atoms with van der Waals surface area (Å²) in [7, 11) is 1.76. The van der Waals surface area contributed by atoms with E-state index in [0.29, 0.717) is 16.0 Å². The molecule has 1 heterocycles. The van der Waals surface area contributed by atoms with Crippen molar-refractivity contribution < 1.29 is 13.2 Å². The first-order chi connectivity index (χ1) is 8.88. The van der Waals surface area contributed by atoms with E-state index in [4.69, 9.17) is 0 Å². The molecule has 0 amide bonds. The molecule has 2 aromatic rings. The molecular formula is C11H10BrF3N4. The van der Waals surface area contributed by atoms with Gasteiger partial charge in [-0.1, -0.05) is 0 Å². The van der Waals surface area contributed by atoms with Crippen LogP contribution >= 0.6 is 15.9 Å². The summed E-state index contributed by atoms with van der Waals surface area (Å²) in [5.41, 5.74) is -0.339. The Morgan fingerprint density at radius 3 is 2.68 bits per heavy atom. The number of hydrogen-bond donors (Lipinski definition) is 1. The Morgan fingerprint density at radius 1 is 1.37 bits per heavy atom. The van der Waals surface area contributed by atoms with Crippen LogP contribution in [0.1, 0.15) is 11.4 Å². The maximum absolute atomic E-state index is 12.6. The lowest BCUT2D eigenvalue weighted by atomic mass is 10.2. The number of aromatic nitrogens is 3. The largest absolute Gasteiger partial charge is 0.416 e. The van der Waals surface area contributed by atoms with Gasteiger partial charge in [-0.2, -0.15) is 13.2 Å². The number of rotatable bonds is 3. The standard InChI is InChI=1S/C11H10BrF3N4/c1-19-6-17-18-10(19)5-16-9-4-7(11(13,14)15)2-3-8(9)12/h2-4,6,16H,5H2,1H3. The van der Waals surface area contributed by atoms with Gasteiger partial charge in [0.1, 0.15) is 6.33 Å². The molecule has 0 bridgehead atoms. The summed E-state index contributed by atoms with van der Waals surface area (Å²) < 4.78 is 40.1. The van der Waals surface area contributed by atoms with Crippen LogP contribution in [0.5, 0.6) is 0 Å². The Balaban J connectivity index is 2.18. The zero-order valence-electron chi connectivity index (χ0n) is 9.87. The SMILES string of the molecule is Cn1cnnc1CNc1cc(C(F)(F)F)ccc1Br. The second-order valence-corrected chi connectivity index (χ2v) is 4.76. The van der Waals surface area contributed by atoms with E-state index in [-0.39, 0.29) is 6.54 Å². The summed E-state index contributed by atoms with van der Waals surface area (Å²) in [6, 6.07) is 3.44. The van der Waals surface area contributed by atoms with E-state index in [1.807, 2.05) is 0 Å². The van der Waals surface area contributed by atoms with Crippen molar-refractivity contribution in [2.24, 2.45) is 7.05 Å². The van der Waals surface area contributed by atoms with E-state index in [0.717, 1.165) is 12.1 Å². The molecule has 0 saturated heterocycles. The third-order valence-corrected chi connectivity index (χ3v) is 3.23. The third kappa shape index (κ3) is 3.25. The normalized spacial score (nSPS) is 11.6. The summed E-state index contributed by atoms with van der Waals surface area (Å²) in [6.45, 7) is 0.288. The second kappa shape index (κ2) is 5.20. The minimum absolute atomic E-state index is 0.288. The number of benzene rings is 1. The Kier molecular flexibility index (Phi) is 3.79. The molecule has 0 spiro atoms. The fourth-order valence-corrected chi connectivity index (χ4v) is 1.87. The number of nitrogens with zero attached hydrogens (tertiary/aromatic N) is 3. The number of anilines is 1. The van der Waals surface area contributed by atoms with E-state index in [1.54, 1.807) is 11.6 Å². The fourth-order valence-electron chi connectivity index (χ4n) is 1.48. The van der Waals surface area contributed by atoms with Crippen molar-refractivity contribution in [1.29, 1.82) is 0 Å². The Bertz CT molecular complexity index is 580. The van der Waals surface area contributed by atoms with Crippen LogP contribution in [0.15, 0.2) is 29.0 Å². The third-order valence-electron chi connectivity index (χ3n) is 2.54. The van der Waals surface area contributed by atoms with Crippen LogP contribution in [0, 0.1) is 0 Å². The maximum Gasteiger partial charge on any atom is 0.416 e. The van der Waals surface area contributed by atoms with E-state index < -0.39 is 11.7 Å². The van der Waals surface area contributed by atoms with Gasteiger partial charge in [0.25, 0.3) is 0 Å². The van der Waals surface area contributed by atoms with Crippen LogP contribution < -0.4 is 5.32 Å². The highest BCUT2D eigenvalue weighted by atomic mass is 79.9. The fraction of sp³-hybridized carbons (Fsp3) is 0.273. The molecule has 0 aliphatic rings. The minimum atomic E-state index is -4.36. The topological polar surface area (TPSA) is 42.7 Å². The van der Waals surface area contributed by atoms with Crippen molar-refractivity contribution in [3.63, 3.8) is 0 Å². The van der Waals surface area contributed by atoms with Gasteiger partial charge in [-0.25, -0.2) is 0 Å². The van der Waals surface area contributed by atoms with E-state index >= 15 is 0 Å². The molecule has 0 aliphatic carbocycles. The lowest BCUT2D eigenvalue weighted by Gasteiger charge is -2.12. The molecule has 102 valence electrons. The number of halogens is 4. The summed E-state index contributed by atoms with van der Waals surface area (Å²) in [5.74, 6) is 0.629. The summed E-state index contributed by atoms with van der Waals surface area (Å²) in [5, 5.41) is 10.4. The molecule has 0 radical (unpaired) electrons. The minimum Gasteiger partial charge on any atom is -0.377 e. The van der Waals surface area contributed by atoms with Gasteiger partial charge < -0.3 is 9.88 Å². The Labute approximate surface area is 115 Å². The first-order valence-corrected chi connectivity index (χ1v) is 6.10. The number of aryl methyl sites for hydroxylation is 1. The highest BCUT2D eigenvalue weighted by Gasteiger charge is 2.30. The molecule has 0 saturated carbocycles. The molecule has 19 heavy (non-hydrogen) atoms. The Morgan fingerprint density at radius 2 is 2.11 bits per heavy atom. The van der Waals surface area contributed by atoms with Crippen LogP contribution in [0.2, 0.25) is 0 Å². The molecule has 1 N–H and O–H groups in total. The van der Waals surface area contributed by atoms with Crippen LogP contribution in [0.3, 0.4) is 0 Å². The van der Waals surface area contributed by atoms with Gasteiger partial charge in [-0.3, -0.25) is 0 Å². The van der Waals surface area contributed by atoms with Gasteiger partial charge in [0, 0.05) is 17.2 Å². The van der Waals surface area contributed by atoms with Crippen molar-refractivity contribution in [3.05, 3.63) is 40.4 Å². The van der Waals surface area contributed by atoms with Crippen LogP contribution in [0.25, 0.3) is 0 Å². The van der Waals surface area contributed by atoms with Crippen molar-refractivity contribution in [2.45, 2.75) is 12.7 Å². The maximum atomic E-state index is 12.6. The predicted octanol–water partition coefficient (Wildman–Crippen LogP) is 3.21. The highest BCUT2D eigenvalue weighted by Crippen LogP contribution is 2.34. The van der Waals surface area contributed by atoms with E-state index in [1.165, 1.54) is 12.4 Å². The molecule has 1 aromatic carbocycles. The Hall–Kier alpha value is -1.57. The molecule has 0 aliphatic heterocycles. The van der Waals surface area contributed by atoms with E-state index in [9.17, 15) is 13.2 Å². The monoisotopic (exact) mass is 334 g/mol. The summed E-state index contributed by atoms with van der Waals surface area (Å²) in [6.07, 6.45) is -2.83. The van der Waals surface area contributed by atoms with Crippen LogP contribution in [0.4, 0.5) is 18.9 Å². The predicted molar refractivity (Wildman–Crippen MR) is 67.5 cm³/mol. The van der Waals surface area contributed by atoms with Crippen molar-refractivity contribution in [1.82, 2.24) is 14.8 Å². The number of nitrogens with one attached hydrogen (secondary N) is 1. The molecule has 8 heteroatoms. The van der Waals surface area contributed by atoms with Gasteiger partial charge in [0.15, 0.2) is 5.82 Å². The average Bonchev–Trinajstić information content (AvgIpc) is 2.72. The quantitative estimate of drug-likeness (QED) is 0.937.